The highest BCUT2D eigenvalue weighted by Crippen LogP contribution is 2.16. The summed E-state index contributed by atoms with van der Waals surface area (Å²) >= 11 is 6.77. The second-order valence-electron chi connectivity index (χ2n) is 4.24. The molecule has 20 heavy (non-hydrogen) atoms. The molecule has 3 nitrogen and oxygen atoms in total. The number of hydrogen-bond donors (Lipinski definition) is 2. The number of carbonyl (C=O) groups excluding carboxylic acids is 1. The van der Waals surface area contributed by atoms with Crippen molar-refractivity contribution < 1.29 is 4.79 Å². The van der Waals surface area contributed by atoms with Crippen LogP contribution < -0.4 is 10.6 Å². The molecule has 2 aromatic carbocycles. The molecule has 2 aromatic rings. The summed E-state index contributed by atoms with van der Waals surface area (Å²) in [4.78, 5) is 11.8. The molecule has 0 bridgehead atoms. The maximum Gasteiger partial charge on any atom is 0.226 e. The van der Waals surface area contributed by atoms with E-state index in [0.717, 1.165) is 20.3 Å². The molecule has 0 aliphatic rings. The predicted molar refractivity (Wildman–Crippen MR) is 90.0 cm³/mol. The molecule has 0 aromatic heterocycles. The quantitative estimate of drug-likeness (QED) is 0.770. The molecule has 0 aliphatic carbocycles. The van der Waals surface area contributed by atoms with E-state index in [1.807, 2.05) is 48.5 Å². The van der Waals surface area contributed by atoms with Gasteiger partial charge < -0.3 is 10.6 Å². The van der Waals surface area contributed by atoms with Gasteiger partial charge >= 0.3 is 0 Å². The fourth-order valence-electron chi connectivity index (χ4n) is 1.68. The smallest absolute Gasteiger partial charge is 0.226 e. The van der Waals surface area contributed by atoms with E-state index in [4.69, 9.17) is 0 Å². The van der Waals surface area contributed by atoms with Gasteiger partial charge in [0.05, 0.1) is 0 Å². The molecule has 0 aliphatic heterocycles. The van der Waals surface area contributed by atoms with Gasteiger partial charge in [-0.1, -0.05) is 37.9 Å². The van der Waals surface area contributed by atoms with Gasteiger partial charge in [0.2, 0.25) is 5.91 Å². The van der Waals surface area contributed by atoms with Crippen LogP contribution in [0.2, 0.25) is 0 Å². The van der Waals surface area contributed by atoms with Crippen LogP contribution in [-0.4, -0.2) is 12.5 Å². The maximum atomic E-state index is 11.8. The summed E-state index contributed by atoms with van der Waals surface area (Å²) in [6.07, 6.45) is 0.419. The third-order valence-electron chi connectivity index (χ3n) is 2.63. The zero-order valence-corrected chi connectivity index (χ0v) is 13.9. The molecule has 2 N–H and O–H groups in total. The average Bonchev–Trinajstić information content (AvgIpc) is 2.41. The van der Waals surface area contributed by atoms with Crippen molar-refractivity contribution in [3.8, 4) is 0 Å². The lowest BCUT2D eigenvalue weighted by atomic mass is 10.3. The van der Waals surface area contributed by atoms with Crippen molar-refractivity contribution in [2.75, 3.05) is 17.2 Å². The van der Waals surface area contributed by atoms with Crippen LogP contribution >= 0.6 is 31.9 Å². The zero-order chi connectivity index (χ0) is 14.4. The Morgan fingerprint density at radius 3 is 2.40 bits per heavy atom. The molecule has 0 atom stereocenters. The van der Waals surface area contributed by atoms with Gasteiger partial charge in [-0.05, 0) is 42.5 Å². The van der Waals surface area contributed by atoms with E-state index in [0.29, 0.717) is 13.0 Å². The van der Waals surface area contributed by atoms with E-state index >= 15 is 0 Å². The first kappa shape index (κ1) is 15.1. The lowest BCUT2D eigenvalue weighted by Gasteiger charge is -2.08. The molecule has 0 heterocycles. The lowest BCUT2D eigenvalue weighted by Crippen LogP contribution is -2.16. The summed E-state index contributed by atoms with van der Waals surface area (Å²) in [7, 11) is 0. The fourth-order valence-corrected chi connectivity index (χ4v) is 2.34. The first-order valence-corrected chi connectivity index (χ1v) is 7.77. The summed E-state index contributed by atoms with van der Waals surface area (Å²) in [6.45, 7) is 0.596. The van der Waals surface area contributed by atoms with E-state index in [1.165, 1.54) is 0 Å². The Morgan fingerprint density at radius 2 is 1.70 bits per heavy atom. The molecule has 104 valence electrons. The van der Waals surface area contributed by atoms with Crippen LogP contribution in [0.5, 0.6) is 0 Å². The van der Waals surface area contributed by atoms with Gasteiger partial charge in [0.25, 0.3) is 0 Å². The standard InChI is InChI=1S/C15H14Br2N2O/c16-11-4-6-13(7-5-11)19-15(20)8-9-18-14-3-1-2-12(17)10-14/h1-7,10,18H,8-9H2,(H,19,20). The van der Waals surface area contributed by atoms with Crippen LogP contribution in [-0.2, 0) is 4.79 Å². The minimum Gasteiger partial charge on any atom is -0.384 e. The van der Waals surface area contributed by atoms with Gasteiger partial charge in [-0.2, -0.15) is 0 Å². The van der Waals surface area contributed by atoms with Crippen molar-refractivity contribution in [3.63, 3.8) is 0 Å². The molecule has 0 saturated carbocycles. The molecule has 0 spiro atoms. The number of benzene rings is 2. The van der Waals surface area contributed by atoms with Crippen LogP contribution in [0.3, 0.4) is 0 Å². The van der Waals surface area contributed by atoms with Crippen LogP contribution in [0.25, 0.3) is 0 Å². The number of carbonyl (C=O) groups is 1. The summed E-state index contributed by atoms with van der Waals surface area (Å²) in [5.41, 5.74) is 1.80. The minimum atomic E-state index is -0.00480. The van der Waals surface area contributed by atoms with E-state index < -0.39 is 0 Å². The Balaban J connectivity index is 1.76. The van der Waals surface area contributed by atoms with Gasteiger partial charge in [0.15, 0.2) is 0 Å². The fraction of sp³-hybridized carbons (Fsp3) is 0.133. The normalized spacial score (nSPS) is 10.1. The molecule has 0 fully saturated rings. The van der Waals surface area contributed by atoms with Crippen LogP contribution in [0.1, 0.15) is 6.42 Å². The predicted octanol–water partition coefficient (Wildman–Crippen LogP) is 4.65. The van der Waals surface area contributed by atoms with Crippen molar-refractivity contribution in [2.24, 2.45) is 0 Å². The van der Waals surface area contributed by atoms with Crippen molar-refractivity contribution in [2.45, 2.75) is 6.42 Å². The molecule has 1 amide bonds. The summed E-state index contributed by atoms with van der Waals surface area (Å²) in [5.74, 6) is -0.00480. The number of anilines is 2. The lowest BCUT2D eigenvalue weighted by molar-refractivity contribution is -0.115. The number of halogens is 2. The first-order valence-electron chi connectivity index (χ1n) is 6.18. The molecule has 0 unspecified atom stereocenters. The largest absolute Gasteiger partial charge is 0.384 e. The highest BCUT2D eigenvalue weighted by Gasteiger charge is 2.02. The molecule has 2 rings (SSSR count). The second kappa shape index (κ2) is 7.45. The molecular weight excluding hydrogens is 384 g/mol. The summed E-state index contributed by atoms with van der Waals surface area (Å²) in [6, 6.07) is 15.4. The van der Waals surface area contributed by atoms with E-state index in [-0.39, 0.29) is 5.91 Å². The first-order chi connectivity index (χ1) is 9.63. The van der Waals surface area contributed by atoms with Crippen molar-refractivity contribution in [1.29, 1.82) is 0 Å². The second-order valence-corrected chi connectivity index (χ2v) is 6.07. The Bertz CT molecular complexity index is 585. The Labute approximate surface area is 135 Å². The Hall–Kier alpha value is -1.33. The third kappa shape index (κ3) is 4.98. The highest BCUT2D eigenvalue weighted by molar-refractivity contribution is 9.10. The Morgan fingerprint density at radius 1 is 0.950 bits per heavy atom. The van der Waals surface area contributed by atoms with Gasteiger partial charge in [0, 0.05) is 33.3 Å². The van der Waals surface area contributed by atoms with Crippen molar-refractivity contribution >= 4 is 49.1 Å². The van der Waals surface area contributed by atoms with Gasteiger partial charge in [-0.25, -0.2) is 0 Å². The van der Waals surface area contributed by atoms with Crippen LogP contribution in [0.15, 0.2) is 57.5 Å². The summed E-state index contributed by atoms with van der Waals surface area (Å²) in [5, 5.41) is 6.07. The Kier molecular flexibility index (Phi) is 5.61. The van der Waals surface area contributed by atoms with Gasteiger partial charge in [0.1, 0.15) is 0 Å². The SMILES string of the molecule is O=C(CCNc1cccc(Br)c1)Nc1ccc(Br)cc1. The number of hydrogen-bond acceptors (Lipinski definition) is 2. The molecule has 0 saturated heterocycles. The maximum absolute atomic E-state index is 11.8. The molecule has 0 radical (unpaired) electrons. The topological polar surface area (TPSA) is 41.1 Å². The van der Waals surface area contributed by atoms with Crippen LogP contribution in [0.4, 0.5) is 11.4 Å². The minimum absolute atomic E-state index is 0.00480. The number of nitrogens with one attached hydrogen (secondary N) is 2. The number of rotatable bonds is 5. The number of amides is 1. The van der Waals surface area contributed by atoms with Gasteiger partial charge in [-0.3, -0.25) is 4.79 Å². The zero-order valence-electron chi connectivity index (χ0n) is 10.7. The van der Waals surface area contributed by atoms with E-state index in [1.54, 1.807) is 0 Å². The van der Waals surface area contributed by atoms with E-state index in [2.05, 4.69) is 42.5 Å². The summed E-state index contributed by atoms with van der Waals surface area (Å²) < 4.78 is 2.01. The monoisotopic (exact) mass is 396 g/mol. The molecule has 5 heteroatoms. The van der Waals surface area contributed by atoms with E-state index in [9.17, 15) is 4.79 Å². The third-order valence-corrected chi connectivity index (χ3v) is 3.66. The average molecular weight is 398 g/mol. The van der Waals surface area contributed by atoms with Crippen molar-refractivity contribution in [1.82, 2.24) is 0 Å². The van der Waals surface area contributed by atoms with Crippen molar-refractivity contribution in [3.05, 3.63) is 57.5 Å². The van der Waals surface area contributed by atoms with Gasteiger partial charge in [-0.15, -0.1) is 0 Å². The highest BCUT2D eigenvalue weighted by atomic mass is 79.9. The van der Waals surface area contributed by atoms with Crippen LogP contribution in [0, 0.1) is 0 Å². The molecular formula is C15H14Br2N2O.